The first kappa shape index (κ1) is 15.1. The second-order valence-electron chi connectivity index (χ2n) is 3.76. The zero-order chi connectivity index (χ0) is 13.1. The number of halogens is 1. The predicted octanol–water partition coefficient (Wildman–Crippen LogP) is 0.809. The lowest BCUT2D eigenvalue weighted by Crippen LogP contribution is -2.31. The second kappa shape index (κ2) is 6.26. The summed E-state index contributed by atoms with van der Waals surface area (Å²) in [6.45, 7) is 1.39. The minimum Gasteiger partial charge on any atom is -0.326 e. The standard InChI is InChI=1S/C9H16BrN3O2S2/c1-13(2)4-3-12-17(14,15)8-5-7(6-11)16-9(8)10/h5,12H,3-4,6,11H2,1-2H3. The quantitative estimate of drug-likeness (QED) is 0.802. The topological polar surface area (TPSA) is 75.4 Å². The van der Waals surface area contributed by atoms with E-state index in [4.69, 9.17) is 5.73 Å². The van der Waals surface area contributed by atoms with E-state index in [1.165, 1.54) is 11.3 Å². The second-order valence-corrected chi connectivity index (χ2v) is 7.95. The molecule has 0 spiro atoms. The smallest absolute Gasteiger partial charge is 0.242 e. The third-order valence-corrected chi connectivity index (χ3v) is 5.78. The molecule has 1 aromatic heterocycles. The van der Waals surface area contributed by atoms with Crippen molar-refractivity contribution in [2.75, 3.05) is 27.2 Å². The highest BCUT2D eigenvalue weighted by Crippen LogP contribution is 2.31. The van der Waals surface area contributed by atoms with Crippen molar-refractivity contribution in [1.29, 1.82) is 0 Å². The van der Waals surface area contributed by atoms with Crippen LogP contribution in [-0.4, -0.2) is 40.5 Å². The molecule has 0 amide bonds. The van der Waals surface area contributed by atoms with Crippen molar-refractivity contribution < 1.29 is 8.42 Å². The Hall–Kier alpha value is 0.01000. The van der Waals surface area contributed by atoms with Crippen molar-refractivity contribution in [2.24, 2.45) is 5.73 Å². The molecule has 1 heterocycles. The lowest BCUT2D eigenvalue weighted by atomic mass is 10.5. The fourth-order valence-electron chi connectivity index (χ4n) is 1.16. The molecule has 0 atom stereocenters. The number of nitrogens with two attached hydrogens (primary N) is 1. The zero-order valence-corrected chi connectivity index (χ0v) is 13.0. The van der Waals surface area contributed by atoms with E-state index in [2.05, 4.69) is 20.7 Å². The van der Waals surface area contributed by atoms with Gasteiger partial charge in [-0.2, -0.15) is 0 Å². The summed E-state index contributed by atoms with van der Waals surface area (Å²) in [7, 11) is 0.336. The van der Waals surface area contributed by atoms with Crippen LogP contribution in [0.1, 0.15) is 4.88 Å². The summed E-state index contributed by atoms with van der Waals surface area (Å²) < 4.78 is 27.1. The van der Waals surface area contributed by atoms with Gasteiger partial charge in [-0.3, -0.25) is 0 Å². The van der Waals surface area contributed by atoms with Gasteiger partial charge < -0.3 is 10.6 Å². The summed E-state index contributed by atoms with van der Waals surface area (Å²) in [6.07, 6.45) is 0. The average Bonchev–Trinajstić information content (AvgIpc) is 2.59. The number of nitrogens with one attached hydrogen (secondary N) is 1. The van der Waals surface area contributed by atoms with Crippen LogP contribution >= 0.6 is 27.3 Å². The Morgan fingerprint density at radius 1 is 1.53 bits per heavy atom. The maximum Gasteiger partial charge on any atom is 0.242 e. The Labute approximate surface area is 114 Å². The Balaban J connectivity index is 2.78. The highest BCUT2D eigenvalue weighted by molar-refractivity contribution is 9.11. The number of sulfonamides is 1. The minimum absolute atomic E-state index is 0.265. The molecule has 1 aromatic rings. The summed E-state index contributed by atoms with van der Waals surface area (Å²) in [6, 6.07) is 1.60. The highest BCUT2D eigenvalue weighted by atomic mass is 79.9. The van der Waals surface area contributed by atoms with Crippen LogP contribution in [0.3, 0.4) is 0 Å². The molecule has 0 bridgehead atoms. The van der Waals surface area contributed by atoms with Crippen molar-refractivity contribution in [3.05, 3.63) is 14.7 Å². The van der Waals surface area contributed by atoms with E-state index in [0.717, 1.165) is 4.88 Å². The van der Waals surface area contributed by atoms with Crippen LogP contribution in [0.4, 0.5) is 0 Å². The molecule has 1 rings (SSSR count). The van der Waals surface area contributed by atoms with Crippen LogP contribution in [0.5, 0.6) is 0 Å². The number of thiophene rings is 1. The van der Waals surface area contributed by atoms with Crippen molar-refractivity contribution >= 4 is 37.3 Å². The molecule has 0 unspecified atom stereocenters. The van der Waals surface area contributed by atoms with E-state index in [1.807, 2.05) is 19.0 Å². The van der Waals surface area contributed by atoms with Crippen LogP contribution in [0.15, 0.2) is 14.7 Å². The average molecular weight is 342 g/mol. The van der Waals surface area contributed by atoms with Gasteiger partial charge in [0.25, 0.3) is 0 Å². The molecule has 5 nitrogen and oxygen atoms in total. The number of likely N-dealkylation sites (N-methyl/N-ethyl adjacent to an activating group) is 1. The van der Waals surface area contributed by atoms with Crippen molar-refractivity contribution in [1.82, 2.24) is 9.62 Å². The van der Waals surface area contributed by atoms with E-state index < -0.39 is 10.0 Å². The van der Waals surface area contributed by atoms with Crippen molar-refractivity contribution in [3.63, 3.8) is 0 Å². The zero-order valence-electron chi connectivity index (χ0n) is 9.73. The molecule has 8 heteroatoms. The van der Waals surface area contributed by atoms with Gasteiger partial charge in [0.05, 0.1) is 3.79 Å². The summed E-state index contributed by atoms with van der Waals surface area (Å²) in [5.74, 6) is 0. The first-order valence-corrected chi connectivity index (χ1v) is 8.08. The van der Waals surface area contributed by atoms with Crippen molar-refractivity contribution in [2.45, 2.75) is 11.4 Å². The van der Waals surface area contributed by atoms with Gasteiger partial charge >= 0.3 is 0 Å². The van der Waals surface area contributed by atoms with Crippen LogP contribution < -0.4 is 10.5 Å². The van der Waals surface area contributed by atoms with Crippen LogP contribution in [0, 0.1) is 0 Å². The Bertz CT molecular complexity index is 471. The van der Waals surface area contributed by atoms with Crippen molar-refractivity contribution in [3.8, 4) is 0 Å². The molecule has 0 aliphatic rings. The third-order valence-electron chi connectivity index (χ3n) is 2.05. The fraction of sp³-hybridized carbons (Fsp3) is 0.556. The summed E-state index contributed by atoms with van der Waals surface area (Å²) >= 11 is 4.59. The van der Waals surface area contributed by atoms with Gasteiger partial charge in [0.2, 0.25) is 10.0 Å². The van der Waals surface area contributed by atoms with Gasteiger partial charge in [0, 0.05) is 24.5 Å². The Kier molecular flexibility index (Phi) is 5.55. The van der Waals surface area contributed by atoms with E-state index in [0.29, 0.717) is 23.4 Å². The summed E-state index contributed by atoms with van der Waals surface area (Å²) in [4.78, 5) is 3.02. The number of hydrogen-bond acceptors (Lipinski definition) is 5. The van der Waals surface area contributed by atoms with E-state index in [1.54, 1.807) is 6.07 Å². The van der Waals surface area contributed by atoms with Gasteiger partial charge in [-0.15, -0.1) is 11.3 Å². The fourth-order valence-corrected chi connectivity index (χ4v) is 4.74. The maximum absolute atomic E-state index is 12.0. The summed E-state index contributed by atoms with van der Waals surface area (Å²) in [5, 5.41) is 0. The molecule has 0 radical (unpaired) electrons. The van der Waals surface area contributed by atoms with E-state index in [9.17, 15) is 8.42 Å². The van der Waals surface area contributed by atoms with Crippen LogP contribution in [0.2, 0.25) is 0 Å². The highest BCUT2D eigenvalue weighted by Gasteiger charge is 2.20. The molecule has 0 fully saturated rings. The van der Waals surface area contributed by atoms with Crippen LogP contribution in [-0.2, 0) is 16.6 Å². The molecule has 0 aromatic carbocycles. The monoisotopic (exact) mass is 341 g/mol. The third kappa shape index (κ3) is 4.31. The number of nitrogens with zero attached hydrogens (tertiary/aromatic N) is 1. The number of rotatable bonds is 6. The molecule has 3 N–H and O–H groups in total. The Morgan fingerprint density at radius 3 is 2.65 bits per heavy atom. The normalized spacial score (nSPS) is 12.3. The molecule has 17 heavy (non-hydrogen) atoms. The van der Waals surface area contributed by atoms with E-state index in [-0.39, 0.29) is 4.90 Å². The lowest BCUT2D eigenvalue weighted by molar-refractivity contribution is 0.412. The first-order chi connectivity index (χ1) is 7.86. The largest absolute Gasteiger partial charge is 0.326 e. The molecule has 0 saturated carbocycles. The maximum atomic E-state index is 12.0. The lowest BCUT2D eigenvalue weighted by Gasteiger charge is -2.10. The van der Waals surface area contributed by atoms with Gasteiger partial charge in [0.1, 0.15) is 4.90 Å². The molecule has 0 aliphatic carbocycles. The van der Waals surface area contributed by atoms with Crippen LogP contribution in [0.25, 0.3) is 0 Å². The van der Waals surface area contributed by atoms with Gasteiger partial charge in [-0.25, -0.2) is 13.1 Å². The van der Waals surface area contributed by atoms with Gasteiger partial charge in [-0.1, -0.05) is 0 Å². The first-order valence-electron chi connectivity index (χ1n) is 4.99. The SMILES string of the molecule is CN(C)CCNS(=O)(=O)c1cc(CN)sc1Br. The molecular formula is C9H16BrN3O2S2. The van der Waals surface area contributed by atoms with Gasteiger partial charge in [0.15, 0.2) is 0 Å². The minimum atomic E-state index is -3.44. The molecule has 0 saturated heterocycles. The summed E-state index contributed by atoms with van der Waals surface area (Å²) in [5.41, 5.74) is 5.48. The van der Waals surface area contributed by atoms with Gasteiger partial charge in [-0.05, 0) is 36.1 Å². The molecular weight excluding hydrogens is 326 g/mol. The number of hydrogen-bond donors (Lipinski definition) is 2. The predicted molar refractivity (Wildman–Crippen MR) is 73.7 cm³/mol. The molecule has 0 aliphatic heterocycles. The molecule has 98 valence electrons. The Morgan fingerprint density at radius 2 is 2.18 bits per heavy atom. The van der Waals surface area contributed by atoms with E-state index >= 15 is 0 Å².